The lowest BCUT2D eigenvalue weighted by molar-refractivity contribution is -0.129. The van der Waals surface area contributed by atoms with Crippen LogP contribution in [0, 0.1) is 0 Å². The maximum Gasteiger partial charge on any atom is 0.410 e. The number of nitrogens with zero attached hydrogens (tertiary/aromatic N) is 2. The molecule has 0 aromatic carbocycles. The van der Waals surface area contributed by atoms with Crippen molar-refractivity contribution in [1.82, 2.24) is 20.2 Å². The zero-order valence-electron chi connectivity index (χ0n) is 14.5. The van der Waals surface area contributed by atoms with Gasteiger partial charge in [-0.3, -0.25) is 4.79 Å². The third kappa shape index (κ3) is 5.52. The SMILES string of the molecule is CC(C)(C)OC(=O)N1CCC[C@](O)(CC(=O)NCc2ncc[nH]2)C1. The quantitative estimate of drug-likeness (QED) is 0.764. The fourth-order valence-electron chi connectivity index (χ4n) is 2.68. The number of aromatic nitrogens is 2. The van der Waals surface area contributed by atoms with Gasteiger partial charge in [0.25, 0.3) is 0 Å². The molecular formula is C16H26N4O4. The summed E-state index contributed by atoms with van der Waals surface area (Å²) in [4.78, 5) is 32.6. The van der Waals surface area contributed by atoms with E-state index in [0.717, 1.165) is 0 Å². The molecule has 2 rings (SSSR count). The number of H-pyrrole nitrogens is 1. The van der Waals surface area contributed by atoms with E-state index in [1.807, 2.05) is 0 Å². The maximum absolute atomic E-state index is 12.1. The number of carbonyl (C=O) groups is 2. The lowest BCUT2D eigenvalue weighted by Crippen LogP contribution is -2.53. The van der Waals surface area contributed by atoms with E-state index < -0.39 is 17.3 Å². The van der Waals surface area contributed by atoms with Crippen LogP contribution in [0.4, 0.5) is 4.79 Å². The Balaban J connectivity index is 1.86. The van der Waals surface area contributed by atoms with Crippen LogP contribution in [0.3, 0.4) is 0 Å². The molecule has 2 amide bonds. The first-order valence-corrected chi connectivity index (χ1v) is 8.12. The number of aromatic amines is 1. The van der Waals surface area contributed by atoms with Gasteiger partial charge in [0.1, 0.15) is 11.4 Å². The standard InChI is InChI=1S/C16H26N4O4/c1-15(2,3)24-14(22)20-8-4-5-16(23,11-20)9-13(21)19-10-12-17-6-7-18-12/h6-7,23H,4-5,8-11H2,1-3H3,(H,17,18)(H,19,21)/t16-/m0/s1. The second kappa shape index (κ2) is 7.21. The monoisotopic (exact) mass is 338 g/mol. The molecule has 1 aliphatic rings. The molecule has 0 aliphatic carbocycles. The van der Waals surface area contributed by atoms with E-state index in [9.17, 15) is 14.7 Å². The highest BCUT2D eigenvalue weighted by Crippen LogP contribution is 2.25. The molecule has 2 heterocycles. The second-order valence-corrected chi connectivity index (χ2v) is 7.22. The molecule has 1 aliphatic heterocycles. The summed E-state index contributed by atoms with van der Waals surface area (Å²) in [6.45, 7) is 6.27. The van der Waals surface area contributed by atoms with Crippen molar-refractivity contribution in [3.8, 4) is 0 Å². The molecule has 1 saturated heterocycles. The number of hydrogen-bond donors (Lipinski definition) is 3. The van der Waals surface area contributed by atoms with Crippen molar-refractivity contribution >= 4 is 12.0 Å². The number of aliphatic hydroxyl groups is 1. The lowest BCUT2D eigenvalue weighted by atomic mass is 9.89. The Labute approximate surface area is 141 Å². The summed E-state index contributed by atoms with van der Waals surface area (Å²) < 4.78 is 5.33. The molecule has 1 aromatic rings. The largest absolute Gasteiger partial charge is 0.444 e. The van der Waals surface area contributed by atoms with Crippen LogP contribution in [0.1, 0.15) is 45.9 Å². The predicted molar refractivity (Wildman–Crippen MR) is 87.0 cm³/mol. The number of piperidine rings is 1. The smallest absolute Gasteiger partial charge is 0.410 e. The average Bonchev–Trinajstić information content (AvgIpc) is 2.96. The van der Waals surface area contributed by atoms with E-state index in [1.165, 1.54) is 4.90 Å². The van der Waals surface area contributed by atoms with Crippen LogP contribution >= 0.6 is 0 Å². The molecule has 0 unspecified atom stereocenters. The molecule has 134 valence electrons. The van der Waals surface area contributed by atoms with Gasteiger partial charge in [0.05, 0.1) is 25.1 Å². The third-order valence-corrected chi connectivity index (χ3v) is 3.70. The number of rotatable bonds is 4. The minimum atomic E-state index is -1.23. The molecule has 24 heavy (non-hydrogen) atoms. The first-order chi connectivity index (χ1) is 11.2. The van der Waals surface area contributed by atoms with Crippen LogP contribution in [0.15, 0.2) is 12.4 Å². The predicted octanol–water partition coefficient (Wildman–Crippen LogP) is 1.18. The number of hydrogen-bond acceptors (Lipinski definition) is 5. The number of amides is 2. The van der Waals surface area contributed by atoms with Crippen molar-refractivity contribution < 1.29 is 19.4 Å². The summed E-state index contributed by atoms with van der Waals surface area (Å²) >= 11 is 0. The average molecular weight is 338 g/mol. The number of likely N-dealkylation sites (tertiary alicyclic amines) is 1. The Morgan fingerprint density at radius 2 is 2.25 bits per heavy atom. The Kier molecular flexibility index (Phi) is 5.48. The molecule has 0 spiro atoms. The molecule has 1 fully saturated rings. The zero-order chi connectivity index (χ0) is 17.8. The van der Waals surface area contributed by atoms with Crippen LogP contribution in [0.5, 0.6) is 0 Å². The fourth-order valence-corrected chi connectivity index (χ4v) is 2.68. The van der Waals surface area contributed by atoms with E-state index in [0.29, 0.717) is 25.2 Å². The number of carbonyl (C=O) groups excluding carboxylic acids is 2. The minimum absolute atomic E-state index is 0.0625. The molecule has 0 bridgehead atoms. The van der Waals surface area contributed by atoms with Crippen molar-refractivity contribution in [3.05, 3.63) is 18.2 Å². The molecule has 1 aromatic heterocycles. The summed E-state index contributed by atoms with van der Waals surface area (Å²) in [6.07, 6.45) is 3.86. The number of β-amino-alcohol motifs (C(OH)–C–C–N with tert-alkyl or cyclic N) is 1. The van der Waals surface area contributed by atoms with E-state index in [-0.39, 0.29) is 25.4 Å². The van der Waals surface area contributed by atoms with Crippen molar-refractivity contribution in [1.29, 1.82) is 0 Å². The topological polar surface area (TPSA) is 108 Å². The molecule has 3 N–H and O–H groups in total. The molecule has 0 saturated carbocycles. The van der Waals surface area contributed by atoms with E-state index in [2.05, 4.69) is 15.3 Å². The fraction of sp³-hybridized carbons (Fsp3) is 0.688. The molecule has 8 nitrogen and oxygen atoms in total. The van der Waals surface area contributed by atoms with Crippen LogP contribution in [0.2, 0.25) is 0 Å². The Morgan fingerprint density at radius 1 is 1.50 bits per heavy atom. The summed E-state index contributed by atoms with van der Waals surface area (Å²) in [5.41, 5.74) is -1.82. The van der Waals surface area contributed by atoms with Crippen LogP contribution < -0.4 is 5.32 Å². The second-order valence-electron chi connectivity index (χ2n) is 7.22. The molecule has 0 radical (unpaired) electrons. The normalized spacial score (nSPS) is 21.4. The van der Waals surface area contributed by atoms with Gasteiger partial charge in [-0.05, 0) is 33.6 Å². The summed E-state index contributed by atoms with van der Waals surface area (Å²) in [7, 11) is 0. The van der Waals surface area contributed by atoms with Crippen molar-refractivity contribution in [2.24, 2.45) is 0 Å². The van der Waals surface area contributed by atoms with Gasteiger partial charge in [-0.25, -0.2) is 9.78 Å². The highest BCUT2D eigenvalue weighted by molar-refractivity contribution is 5.77. The highest BCUT2D eigenvalue weighted by Gasteiger charge is 2.38. The van der Waals surface area contributed by atoms with E-state index >= 15 is 0 Å². The van der Waals surface area contributed by atoms with Gasteiger partial charge in [-0.1, -0.05) is 0 Å². The van der Waals surface area contributed by atoms with Crippen LogP contribution in [-0.2, 0) is 16.1 Å². The van der Waals surface area contributed by atoms with Crippen molar-refractivity contribution in [2.75, 3.05) is 13.1 Å². The zero-order valence-corrected chi connectivity index (χ0v) is 14.5. The van der Waals surface area contributed by atoms with Gasteiger partial charge in [0.2, 0.25) is 5.91 Å². The minimum Gasteiger partial charge on any atom is -0.444 e. The summed E-state index contributed by atoms with van der Waals surface area (Å²) in [6, 6.07) is 0. The van der Waals surface area contributed by atoms with Gasteiger partial charge in [0, 0.05) is 18.9 Å². The summed E-state index contributed by atoms with van der Waals surface area (Å²) in [5.74, 6) is 0.370. The van der Waals surface area contributed by atoms with Gasteiger partial charge in [-0.15, -0.1) is 0 Å². The van der Waals surface area contributed by atoms with Gasteiger partial charge in [-0.2, -0.15) is 0 Å². The van der Waals surface area contributed by atoms with Gasteiger partial charge >= 0.3 is 6.09 Å². The highest BCUT2D eigenvalue weighted by atomic mass is 16.6. The Hall–Kier alpha value is -2.09. The molecular weight excluding hydrogens is 312 g/mol. The number of ether oxygens (including phenoxy) is 1. The molecule has 8 heteroatoms. The Bertz CT molecular complexity index is 567. The number of imidazole rings is 1. The number of nitrogens with one attached hydrogen (secondary N) is 2. The first kappa shape index (κ1) is 18.3. The van der Waals surface area contributed by atoms with E-state index in [4.69, 9.17) is 4.74 Å². The Morgan fingerprint density at radius 3 is 2.88 bits per heavy atom. The van der Waals surface area contributed by atoms with Gasteiger partial charge < -0.3 is 25.0 Å². The van der Waals surface area contributed by atoms with E-state index in [1.54, 1.807) is 33.2 Å². The van der Waals surface area contributed by atoms with Crippen molar-refractivity contribution in [2.45, 2.75) is 57.8 Å². The maximum atomic E-state index is 12.1. The molecule has 1 atom stereocenters. The summed E-state index contributed by atoms with van der Waals surface area (Å²) in [5, 5.41) is 13.4. The van der Waals surface area contributed by atoms with Crippen LogP contribution in [0.25, 0.3) is 0 Å². The first-order valence-electron chi connectivity index (χ1n) is 8.12. The van der Waals surface area contributed by atoms with Crippen LogP contribution in [-0.4, -0.2) is 56.3 Å². The lowest BCUT2D eigenvalue weighted by Gasteiger charge is -2.39. The third-order valence-electron chi connectivity index (χ3n) is 3.70. The van der Waals surface area contributed by atoms with Crippen molar-refractivity contribution in [3.63, 3.8) is 0 Å². The van der Waals surface area contributed by atoms with Gasteiger partial charge in [0.15, 0.2) is 0 Å².